The lowest BCUT2D eigenvalue weighted by atomic mass is 10.1. The van der Waals surface area contributed by atoms with Crippen LogP contribution in [0.1, 0.15) is 24.7 Å². The van der Waals surface area contributed by atoms with E-state index >= 15 is 0 Å². The highest BCUT2D eigenvalue weighted by Gasteiger charge is 2.25. The number of aryl methyl sites for hydroxylation is 2. The number of ether oxygens (including phenoxy) is 1. The van der Waals surface area contributed by atoms with Crippen molar-refractivity contribution in [2.45, 2.75) is 39.8 Å². The molecule has 2 atom stereocenters. The van der Waals surface area contributed by atoms with Crippen LogP contribution in [0.15, 0.2) is 6.07 Å². The van der Waals surface area contributed by atoms with Gasteiger partial charge in [-0.25, -0.2) is 0 Å². The van der Waals surface area contributed by atoms with Gasteiger partial charge in [0.2, 0.25) is 11.8 Å². The molecule has 0 aliphatic carbocycles. The first-order chi connectivity index (χ1) is 11.4. The number of amides is 2. The van der Waals surface area contributed by atoms with Gasteiger partial charge in [-0.05, 0) is 33.3 Å². The van der Waals surface area contributed by atoms with Crippen LogP contribution in [0, 0.1) is 32.1 Å². The number of terminal acetylenes is 1. The number of nitrogens with one attached hydrogen (secondary N) is 2. The molecule has 7 heteroatoms. The molecule has 0 aliphatic rings. The molecule has 2 N–H and O–H groups in total. The van der Waals surface area contributed by atoms with Gasteiger partial charge in [-0.15, -0.1) is 6.42 Å². The zero-order valence-electron chi connectivity index (χ0n) is 14.8. The van der Waals surface area contributed by atoms with E-state index in [0.29, 0.717) is 19.6 Å². The SMILES string of the molecule is C#C[C@H](Cn1nc(C)cc1C)C(=O)N[C@@H](CCOC)C(=O)NCC. The second kappa shape index (κ2) is 9.73. The average Bonchev–Trinajstić information content (AvgIpc) is 2.86. The molecule has 0 spiro atoms. The summed E-state index contributed by atoms with van der Waals surface area (Å²) in [7, 11) is 1.55. The molecule has 0 fully saturated rings. The summed E-state index contributed by atoms with van der Waals surface area (Å²) in [5, 5.41) is 9.74. The molecule has 0 bridgehead atoms. The zero-order valence-corrected chi connectivity index (χ0v) is 14.8. The average molecular weight is 334 g/mol. The number of nitrogens with zero attached hydrogens (tertiary/aromatic N) is 2. The van der Waals surface area contributed by atoms with Gasteiger partial charge in [0.05, 0.1) is 12.2 Å². The second-order valence-electron chi connectivity index (χ2n) is 5.57. The summed E-state index contributed by atoms with van der Waals surface area (Å²) in [4.78, 5) is 24.5. The number of rotatable bonds is 9. The summed E-state index contributed by atoms with van der Waals surface area (Å²) in [6.45, 7) is 6.73. The van der Waals surface area contributed by atoms with Gasteiger partial charge in [0.15, 0.2) is 0 Å². The number of likely N-dealkylation sites (N-methyl/N-ethyl adjacent to an activating group) is 1. The third kappa shape index (κ3) is 5.70. The van der Waals surface area contributed by atoms with Crippen LogP contribution in [0.2, 0.25) is 0 Å². The van der Waals surface area contributed by atoms with E-state index in [1.807, 2.05) is 26.8 Å². The van der Waals surface area contributed by atoms with Crippen molar-refractivity contribution in [3.05, 3.63) is 17.5 Å². The number of carbonyl (C=O) groups excluding carboxylic acids is 2. The minimum absolute atomic E-state index is 0.246. The molecule has 1 heterocycles. The first-order valence-corrected chi connectivity index (χ1v) is 7.97. The lowest BCUT2D eigenvalue weighted by Crippen LogP contribution is -2.49. The van der Waals surface area contributed by atoms with Gasteiger partial charge in [0.1, 0.15) is 12.0 Å². The molecule has 0 aromatic carbocycles. The van der Waals surface area contributed by atoms with Crippen LogP contribution in [0.3, 0.4) is 0 Å². The van der Waals surface area contributed by atoms with Crippen molar-refractivity contribution >= 4 is 11.8 Å². The number of methoxy groups -OCH3 is 1. The largest absolute Gasteiger partial charge is 0.385 e. The van der Waals surface area contributed by atoms with Crippen LogP contribution in [0.4, 0.5) is 0 Å². The van der Waals surface area contributed by atoms with Crippen molar-refractivity contribution in [2.75, 3.05) is 20.3 Å². The minimum Gasteiger partial charge on any atom is -0.385 e. The molecule has 7 nitrogen and oxygen atoms in total. The van der Waals surface area contributed by atoms with Gasteiger partial charge >= 0.3 is 0 Å². The Balaban J connectivity index is 2.77. The molecule has 0 radical (unpaired) electrons. The summed E-state index contributed by atoms with van der Waals surface area (Å²) in [5.41, 5.74) is 1.80. The zero-order chi connectivity index (χ0) is 18.1. The van der Waals surface area contributed by atoms with Crippen LogP contribution in [0.25, 0.3) is 0 Å². The van der Waals surface area contributed by atoms with Crippen molar-refractivity contribution in [1.82, 2.24) is 20.4 Å². The van der Waals surface area contributed by atoms with Gasteiger partial charge in [-0.1, -0.05) is 5.92 Å². The van der Waals surface area contributed by atoms with E-state index in [9.17, 15) is 9.59 Å². The fourth-order valence-electron chi connectivity index (χ4n) is 2.32. The smallest absolute Gasteiger partial charge is 0.242 e. The van der Waals surface area contributed by atoms with Crippen LogP contribution < -0.4 is 10.6 Å². The maximum absolute atomic E-state index is 12.5. The van der Waals surface area contributed by atoms with Crippen molar-refractivity contribution in [2.24, 2.45) is 5.92 Å². The molecule has 2 amide bonds. The molecule has 24 heavy (non-hydrogen) atoms. The lowest BCUT2D eigenvalue weighted by Gasteiger charge is -2.20. The summed E-state index contributed by atoms with van der Waals surface area (Å²) in [6, 6.07) is 1.25. The van der Waals surface area contributed by atoms with Crippen LogP contribution in [-0.2, 0) is 20.9 Å². The summed E-state index contributed by atoms with van der Waals surface area (Å²) >= 11 is 0. The Morgan fingerprint density at radius 3 is 2.62 bits per heavy atom. The molecule has 1 aromatic rings. The van der Waals surface area contributed by atoms with E-state index in [-0.39, 0.29) is 18.4 Å². The Morgan fingerprint density at radius 1 is 1.42 bits per heavy atom. The van der Waals surface area contributed by atoms with Gasteiger partial charge < -0.3 is 15.4 Å². The monoisotopic (exact) mass is 334 g/mol. The van der Waals surface area contributed by atoms with Gasteiger partial charge in [0.25, 0.3) is 0 Å². The van der Waals surface area contributed by atoms with Crippen LogP contribution >= 0.6 is 0 Å². The normalized spacial score (nSPS) is 13.0. The Bertz CT molecular complexity index is 603. The Hall–Kier alpha value is -2.33. The quantitative estimate of drug-likeness (QED) is 0.641. The second-order valence-corrected chi connectivity index (χ2v) is 5.57. The lowest BCUT2D eigenvalue weighted by molar-refractivity contribution is -0.130. The van der Waals surface area contributed by atoms with Gasteiger partial charge in [-0.3, -0.25) is 14.3 Å². The maximum Gasteiger partial charge on any atom is 0.242 e. The standard InChI is InChI=1S/C17H26N4O3/c1-6-14(11-21-13(4)10-12(3)20-21)16(22)19-15(8-9-24-5)17(23)18-7-2/h1,10,14-15H,7-9,11H2,2-5H3,(H,18,23)(H,19,22)/t14-,15+/m1/s1. The Kier molecular flexibility index (Phi) is 7.99. The van der Waals surface area contributed by atoms with Crippen molar-refractivity contribution in [3.63, 3.8) is 0 Å². The molecule has 0 unspecified atom stereocenters. The Labute approximate surface area is 143 Å². The van der Waals surface area contributed by atoms with Crippen molar-refractivity contribution < 1.29 is 14.3 Å². The molecule has 132 valence electrons. The minimum atomic E-state index is -0.706. The van der Waals surface area contributed by atoms with E-state index in [4.69, 9.17) is 11.2 Å². The van der Waals surface area contributed by atoms with E-state index in [1.165, 1.54) is 0 Å². The predicted molar refractivity (Wildman–Crippen MR) is 91.1 cm³/mol. The van der Waals surface area contributed by atoms with Crippen molar-refractivity contribution in [3.8, 4) is 12.3 Å². The molecule has 0 aliphatic heterocycles. The number of hydrogen-bond acceptors (Lipinski definition) is 4. The predicted octanol–water partition coefficient (Wildman–Crippen LogP) is 0.407. The fourth-order valence-corrected chi connectivity index (χ4v) is 2.32. The third-order valence-corrected chi connectivity index (χ3v) is 3.57. The molecule has 1 rings (SSSR count). The van der Waals surface area contributed by atoms with Crippen LogP contribution in [0.5, 0.6) is 0 Å². The summed E-state index contributed by atoms with van der Waals surface area (Å²) in [6.07, 6.45) is 5.89. The highest BCUT2D eigenvalue weighted by molar-refractivity contribution is 5.89. The maximum atomic E-state index is 12.5. The van der Waals surface area contributed by atoms with E-state index < -0.39 is 12.0 Å². The summed E-state index contributed by atoms with van der Waals surface area (Å²) in [5.74, 6) is 1.17. The molecule has 1 aromatic heterocycles. The van der Waals surface area contributed by atoms with Crippen molar-refractivity contribution in [1.29, 1.82) is 0 Å². The Morgan fingerprint density at radius 2 is 2.12 bits per heavy atom. The van der Waals surface area contributed by atoms with Gasteiger partial charge in [-0.2, -0.15) is 5.10 Å². The van der Waals surface area contributed by atoms with E-state index in [1.54, 1.807) is 11.8 Å². The van der Waals surface area contributed by atoms with E-state index in [2.05, 4.69) is 21.7 Å². The summed E-state index contributed by atoms with van der Waals surface area (Å²) < 4.78 is 6.70. The number of hydrogen-bond donors (Lipinski definition) is 2. The van der Waals surface area contributed by atoms with Crippen LogP contribution in [-0.4, -0.2) is 47.9 Å². The first-order valence-electron chi connectivity index (χ1n) is 7.97. The highest BCUT2D eigenvalue weighted by Crippen LogP contribution is 2.07. The highest BCUT2D eigenvalue weighted by atomic mass is 16.5. The molecular formula is C17H26N4O3. The molecule has 0 saturated heterocycles. The molecular weight excluding hydrogens is 308 g/mol. The fraction of sp³-hybridized carbons (Fsp3) is 0.588. The third-order valence-electron chi connectivity index (χ3n) is 3.57. The number of aromatic nitrogens is 2. The number of carbonyl (C=O) groups is 2. The van der Waals surface area contributed by atoms with E-state index in [0.717, 1.165) is 11.4 Å². The van der Waals surface area contributed by atoms with Gasteiger partial charge in [0, 0.05) is 26.0 Å². The first kappa shape index (κ1) is 19.7. The molecule has 0 saturated carbocycles. The topological polar surface area (TPSA) is 85.2 Å².